The fourth-order valence-electron chi connectivity index (χ4n) is 1.49. The van der Waals surface area contributed by atoms with Crippen molar-refractivity contribution in [2.24, 2.45) is 0 Å². The van der Waals surface area contributed by atoms with E-state index in [0.29, 0.717) is 0 Å². The van der Waals surface area contributed by atoms with Gasteiger partial charge in [0, 0.05) is 24.9 Å². The summed E-state index contributed by atoms with van der Waals surface area (Å²) in [5.74, 6) is 1.52. The summed E-state index contributed by atoms with van der Waals surface area (Å²) in [6.45, 7) is 0. The lowest BCUT2D eigenvalue weighted by Crippen LogP contribution is -1.85. The number of thiol groups is 1. The molecule has 100 valence electrons. The van der Waals surface area contributed by atoms with Crippen molar-refractivity contribution in [3.63, 3.8) is 0 Å². The number of hydrogen-bond acceptors (Lipinski definition) is 4. The number of allylic oxidation sites excluding steroid dienone is 1. The van der Waals surface area contributed by atoms with Crippen LogP contribution >= 0.6 is 20.2 Å². The van der Waals surface area contributed by atoms with Crippen molar-refractivity contribution in [2.75, 3.05) is 14.2 Å². The van der Waals surface area contributed by atoms with Crippen molar-refractivity contribution in [3.8, 4) is 0 Å². The topological polar surface area (TPSA) is 35.5 Å². The molecule has 0 radical (unpaired) electrons. The quantitative estimate of drug-likeness (QED) is 0.461. The van der Waals surface area contributed by atoms with Gasteiger partial charge in [-0.05, 0) is 37.0 Å². The van der Waals surface area contributed by atoms with Crippen LogP contribution in [-0.4, -0.2) is 14.2 Å². The van der Waals surface area contributed by atoms with Crippen LogP contribution in [0.4, 0.5) is 0 Å². The molecule has 0 atom stereocenters. The lowest BCUT2D eigenvalue weighted by molar-refractivity contribution is 0.286. The molecule has 1 aromatic carbocycles. The van der Waals surface area contributed by atoms with Gasteiger partial charge in [-0.15, -0.1) is 12.6 Å². The van der Waals surface area contributed by atoms with Crippen LogP contribution in [0.25, 0.3) is 0 Å². The van der Waals surface area contributed by atoms with Crippen LogP contribution in [0, 0.1) is 0 Å². The summed E-state index contributed by atoms with van der Waals surface area (Å²) in [4.78, 5) is 0.972. The van der Waals surface area contributed by atoms with E-state index in [9.17, 15) is 4.57 Å². The first-order valence-electron chi connectivity index (χ1n) is 5.76. The van der Waals surface area contributed by atoms with E-state index in [1.165, 1.54) is 25.6 Å². The van der Waals surface area contributed by atoms with Crippen LogP contribution in [0.1, 0.15) is 18.4 Å². The highest BCUT2D eigenvalue weighted by Gasteiger charge is 2.14. The molecule has 0 unspecified atom stereocenters. The van der Waals surface area contributed by atoms with Crippen molar-refractivity contribution < 1.29 is 13.6 Å². The Morgan fingerprint density at radius 1 is 1.22 bits per heavy atom. The molecule has 0 aromatic heterocycles. The minimum atomic E-state index is -2.99. The predicted molar refractivity (Wildman–Crippen MR) is 77.4 cm³/mol. The minimum absolute atomic E-state index is 0.847. The fourth-order valence-corrected chi connectivity index (χ4v) is 2.44. The van der Waals surface area contributed by atoms with Gasteiger partial charge in [0.15, 0.2) is 0 Å². The average molecular weight is 286 g/mol. The summed E-state index contributed by atoms with van der Waals surface area (Å²) in [6.07, 6.45) is 4.68. The van der Waals surface area contributed by atoms with Crippen LogP contribution in [0.2, 0.25) is 0 Å². The molecule has 1 rings (SSSR count). The Morgan fingerprint density at radius 3 is 2.39 bits per heavy atom. The zero-order chi connectivity index (χ0) is 13.4. The standard InChI is InChI=1S/C13H19O3PS/c1-15-17(14,16-2)11-5-3-4-6-12-7-9-13(18)10-8-12/h5,7-11,18H,3-4,6H2,1-2H3/b11-5+. The summed E-state index contributed by atoms with van der Waals surface area (Å²) in [5.41, 5.74) is 1.28. The van der Waals surface area contributed by atoms with Crippen molar-refractivity contribution in [2.45, 2.75) is 24.2 Å². The lowest BCUT2D eigenvalue weighted by atomic mass is 10.1. The van der Waals surface area contributed by atoms with Gasteiger partial charge in [-0.25, -0.2) is 0 Å². The van der Waals surface area contributed by atoms with E-state index < -0.39 is 7.60 Å². The van der Waals surface area contributed by atoms with Gasteiger partial charge in [0.2, 0.25) is 0 Å². The van der Waals surface area contributed by atoms with Gasteiger partial charge in [0.1, 0.15) is 0 Å². The Balaban J connectivity index is 2.33. The Kier molecular flexibility index (Phi) is 6.72. The Morgan fingerprint density at radius 2 is 1.83 bits per heavy atom. The minimum Gasteiger partial charge on any atom is -0.309 e. The van der Waals surface area contributed by atoms with Gasteiger partial charge in [0.25, 0.3) is 0 Å². The molecule has 0 amide bonds. The molecule has 1 aromatic rings. The van der Waals surface area contributed by atoms with Crippen LogP contribution < -0.4 is 0 Å². The van der Waals surface area contributed by atoms with Crippen molar-refractivity contribution in [3.05, 3.63) is 41.7 Å². The molecule has 18 heavy (non-hydrogen) atoms. The SMILES string of the molecule is COP(=O)(/C=C/CCCc1ccc(S)cc1)OC. The number of aryl methyl sites for hydroxylation is 1. The average Bonchev–Trinajstić information content (AvgIpc) is 2.40. The summed E-state index contributed by atoms with van der Waals surface area (Å²) in [6, 6.07) is 8.11. The van der Waals surface area contributed by atoms with E-state index >= 15 is 0 Å². The molecule has 0 aliphatic rings. The summed E-state index contributed by atoms with van der Waals surface area (Å²) >= 11 is 4.24. The molecular weight excluding hydrogens is 267 g/mol. The highest BCUT2D eigenvalue weighted by Crippen LogP contribution is 2.47. The summed E-state index contributed by atoms with van der Waals surface area (Å²) in [7, 11) is -0.225. The maximum absolute atomic E-state index is 11.7. The van der Waals surface area contributed by atoms with Gasteiger partial charge >= 0.3 is 7.60 Å². The second-order valence-electron chi connectivity index (χ2n) is 3.85. The Bertz CT molecular complexity index is 420. The van der Waals surface area contributed by atoms with Crippen LogP contribution in [-0.2, 0) is 20.0 Å². The second-order valence-corrected chi connectivity index (χ2v) is 6.47. The van der Waals surface area contributed by atoms with Gasteiger partial charge in [-0.3, -0.25) is 4.57 Å². The largest absolute Gasteiger partial charge is 0.353 e. The van der Waals surface area contributed by atoms with Crippen LogP contribution in [0.3, 0.4) is 0 Å². The van der Waals surface area contributed by atoms with Gasteiger partial charge in [-0.2, -0.15) is 0 Å². The van der Waals surface area contributed by atoms with E-state index in [1.807, 2.05) is 18.2 Å². The first kappa shape index (κ1) is 15.5. The molecule has 0 bridgehead atoms. The van der Waals surface area contributed by atoms with Crippen LogP contribution in [0.15, 0.2) is 41.1 Å². The van der Waals surface area contributed by atoms with Gasteiger partial charge in [-0.1, -0.05) is 18.2 Å². The molecule has 0 saturated carbocycles. The zero-order valence-corrected chi connectivity index (χ0v) is 12.5. The van der Waals surface area contributed by atoms with E-state index in [1.54, 1.807) is 0 Å². The zero-order valence-electron chi connectivity index (χ0n) is 10.7. The Labute approximate surface area is 114 Å². The molecule has 0 aliphatic heterocycles. The molecule has 0 spiro atoms. The fraction of sp³-hybridized carbons (Fsp3) is 0.385. The van der Waals surface area contributed by atoms with E-state index in [-0.39, 0.29) is 0 Å². The molecular formula is C13H19O3PS. The van der Waals surface area contributed by atoms with Gasteiger partial charge < -0.3 is 9.05 Å². The second kappa shape index (κ2) is 7.80. The third kappa shape index (κ3) is 5.40. The molecule has 3 nitrogen and oxygen atoms in total. The first-order valence-corrected chi connectivity index (χ1v) is 7.82. The van der Waals surface area contributed by atoms with Crippen molar-refractivity contribution in [1.82, 2.24) is 0 Å². The number of hydrogen-bond donors (Lipinski definition) is 1. The van der Waals surface area contributed by atoms with Gasteiger partial charge in [0.05, 0.1) is 0 Å². The van der Waals surface area contributed by atoms with Crippen molar-refractivity contribution >= 4 is 20.2 Å². The number of benzene rings is 1. The van der Waals surface area contributed by atoms with Crippen LogP contribution in [0.5, 0.6) is 0 Å². The highest BCUT2D eigenvalue weighted by molar-refractivity contribution is 7.80. The summed E-state index contributed by atoms with van der Waals surface area (Å²) < 4.78 is 21.3. The highest BCUT2D eigenvalue weighted by atomic mass is 32.1. The van der Waals surface area contributed by atoms with Crippen molar-refractivity contribution in [1.29, 1.82) is 0 Å². The predicted octanol–water partition coefficient (Wildman–Crippen LogP) is 4.30. The third-order valence-corrected chi connectivity index (χ3v) is 4.46. The molecule has 0 fully saturated rings. The smallest absolute Gasteiger partial charge is 0.309 e. The maximum atomic E-state index is 11.7. The summed E-state index contributed by atoms with van der Waals surface area (Å²) in [5, 5.41) is 0. The van der Waals surface area contributed by atoms with E-state index in [2.05, 4.69) is 24.8 Å². The third-order valence-electron chi connectivity index (χ3n) is 2.57. The lowest BCUT2D eigenvalue weighted by Gasteiger charge is -2.07. The molecule has 0 heterocycles. The Hall–Kier alpha value is -0.540. The maximum Gasteiger partial charge on any atom is 0.353 e. The normalized spacial score (nSPS) is 12.2. The first-order chi connectivity index (χ1) is 8.59. The van der Waals surface area contributed by atoms with E-state index in [4.69, 9.17) is 9.05 Å². The van der Waals surface area contributed by atoms with E-state index in [0.717, 1.165) is 24.2 Å². The molecule has 0 N–H and O–H groups in total. The molecule has 0 aliphatic carbocycles. The number of rotatable bonds is 7. The number of unbranched alkanes of at least 4 members (excludes halogenated alkanes) is 1. The molecule has 5 heteroatoms. The monoisotopic (exact) mass is 286 g/mol. The molecule has 0 saturated heterocycles.